The number of imidazole rings is 1. The average Bonchev–Trinajstić information content (AvgIpc) is 3.18. The van der Waals surface area contributed by atoms with E-state index in [1.165, 1.54) is 22.5 Å². The fraction of sp³-hybridized carbons (Fsp3) is 0.263. The summed E-state index contributed by atoms with van der Waals surface area (Å²) < 4.78 is 5.83. The van der Waals surface area contributed by atoms with Crippen LogP contribution in [0, 0.1) is 6.92 Å². The normalized spacial score (nSPS) is 11.6. The number of aryl methyl sites for hydroxylation is 2. The van der Waals surface area contributed by atoms with E-state index in [9.17, 15) is 14.4 Å². The minimum Gasteiger partial charge on any atom is -0.347 e. The Morgan fingerprint density at radius 3 is 2.48 bits per heavy atom. The third-order valence-electron chi connectivity index (χ3n) is 5.21. The van der Waals surface area contributed by atoms with Gasteiger partial charge in [-0.2, -0.15) is 0 Å². The number of benzene rings is 1. The van der Waals surface area contributed by atoms with Crippen LogP contribution in [0.3, 0.4) is 0 Å². The summed E-state index contributed by atoms with van der Waals surface area (Å²) in [4.78, 5) is 41.9. The van der Waals surface area contributed by atoms with Crippen molar-refractivity contribution in [2.24, 2.45) is 21.1 Å². The van der Waals surface area contributed by atoms with E-state index in [4.69, 9.17) is 0 Å². The predicted octanol–water partition coefficient (Wildman–Crippen LogP) is 1.12. The summed E-state index contributed by atoms with van der Waals surface area (Å²) in [5, 5.41) is 0.882. The van der Waals surface area contributed by atoms with Gasteiger partial charge in [-0.1, -0.05) is 18.2 Å². The van der Waals surface area contributed by atoms with Crippen molar-refractivity contribution in [3.63, 3.8) is 0 Å². The number of hydrogen-bond acceptors (Lipinski definition) is 4. The maximum atomic E-state index is 13.1. The Labute approximate surface area is 153 Å². The molecule has 0 radical (unpaired) electrons. The highest BCUT2D eigenvalue weighted by molar-refractivity contribution is 6.09. The van der Waals surface area contributed by atoms with Crippen molar-refractivity contribution < 1.29 is 4.79 Å². The summed E-state index contributed by atoms with van der Waals surface area (Å²) in [6.45, 7) is 1.88. The Balaban J connectivity index is 1.87. The molecule has 0 aliphatic carbocycles. The summed E-state index contributed by atoms with van der Waals surface area (Å²) >= 11 is 0. The third-order valence-corrected chi connectivity index (χ3v) is 5.21. The molecular weight excluding hydrogens is 346 g/mol. The summed E-state index contributed by atoms with van der Waals surface area (Å²) in [5.41, 5.74) is 2.08. The molecule has 0 bridgehead atoms. The van der Waals surface area contributed by atoms with E-state index in [-0.39, 0.29) is 23.5 Å². The number of nitrogens with zero attached hydrogens (tertiary/aromatic N) is 5. The molecular formula is C19H19N5O3. The molecule has 0 saturated carbocycles. The summed E-state index contributed by atoms with van der Waals surface area (Å²) in [6.07, 6.45) is 1.43. The molecule has 0 amide bonds. The molecule has 8 heteroatoms. The summed E-state index contributed by atoms with van der Waals surface area (Å²) in [7, 11) is 4.89. The van der Waals surface area contributed by atoms with Gasteiger partial charge in [-0.15, -0.1) is 0 Å². The van der Waals surface area contributed by atoms with Crippen molar-refractivity contribution in [2.45, 2.75) is 13.5 Å². The largest absolute Gasteiger partial charge is 0.347 e. The second kappa shape index (κ2) is 5.80. The van der Waals surface area contributed by atoms with Crippen LogP contribution in [0.5, 0.6) is 0 Å². The molecule has 0 aliphatic rings. The number of ketones is 1. The van der Waals surface area contributed by atoms with Crippen LogP contribution in [0.4, 0.5) is 0 Å². The maximum absolute atomic E-state index is 13.1. The molecule has 1 aromatic carbocycles. The smallest absolute Gasteiger partial charge is 0.332 e. The number of aromatic nitrogens is 5. The van der Waals surface area contributed by atoms with Crippen molar-refractivity contribution in [2.75, 3.05) is 0 Å². The zero-order valence-electron chi connectivity index (χ0n) is 15.6. The first-order valence-electron chi connectivity index (χ1n) is 8.51. The van der Waals surface area contributed by atoms with Gasteiger partial charge in [0, 0.05) is 43.3 Å². The predicted molar refractivity (Wildman–Crippen MR) is 102 cm³/mol. The van der Waals surface area contributed by atoms with Crippen LogP contribution in [0.15, 0.2) is 40.2 Å². The standard InChI is InChI=1S/C19H19N5O3/c1-11-15(12-7-5-6-8-13(12)21(11)2)14(25)9-24-10-20-17-16(24)18(26)23(4)19(27)22(17)3/h5-8,10H,9H2,1-4H3. The van der Waals surface area contributed by atoms with E-state index in [0.29, 0.717) is 5.56 Å². The number of fused-ring (bicyclic) bond motifs is 2. The highest BCUT2D eigenvalue weighted by Gasteiger charge is 2.21. The third kappa shape index (κ3) is 2.29. The van der Waals surface area contributed by atoms with Crippen LogP contribution in [-0.2, 0) is 27.7 Å². The Bertz CT molecular complexity index is 1350. The van der Waals surface area contributed by atoms with E-state index < -0.39 is 11.2 Å². The van der Waals surface area contributed by atoms with Gasteiger partial charge in [-0.3, -0.25) is 18.7 Å². The van der Waals surface area contributed by atoms with Crippen LogP contribution in [0.2, 0.25) is 0 Å². The first-order chi connectivity index (χ1) is 12.8. The number of Topliss-reactive ketones (excluding diaryl/α,β-unsaturated/α-hetero) is 1. The van der Waals surface area contributed by atoms with E-state index in [0.717, 1.165) is 21.2 Å². The monoisotopic (exact) mass is 365 g/mol. The van der Waals surface area contributed by atoms with Crippen LogP contribution >= 0.6 is 0 Å². The number of rotatable bonds is 3. The molecule has 3 aromatic heterocycles. The lowest BCUT2D eigenvalue weighted by Crippen LogP contribution is -2.37. The highest BCUT2D eigenvalue weighted by Crippen LogP contribution is 2.25. The number of carbonyl (C=O) groups excluding carboxylic acids is 1. The lowest BCUT2D eigenvalue weighted by atomic mass is 10.1. The van der Waals surface area contributed by atoms with Gasteiger partial charge in [-0.25, -0.2) is 9.78 Å². The first-order valence-corrected chi connectivity index (χ1v) is 8.51. The van der Waals surface area contributed by atoms with Gasteiger partial charge in [-0.05, 0) is 13.0 Å². The van der Waals surface area contributed by atoms with Crippen LogP contribution < -0.4 is 11.2 Å². The Hall–Kier alpha value is -3.42. The van der Waals surface area contributed by atoms with Gasteiger partial charge in [0.2, 0.25) is 0 Å². The van der Waals surface area contributed by atoms with Crippen molar-refractivity contribution in [1.82, 2.24) is 23.3 Å². The van der Waals surface area contributed by atoms with E-state index in [2.05, 4.69) is 4.98 Å². The second-order valence-electron chi connectivity index (χ2n) is 6.71. The van der Waals surface area contributed by atoms with Crippen molar-refractivity contribution >= 4 is 27.9 Å². The van der Waals surface area contributed by atoms with E-state index >= 15 is 0 Å². The molecule has 27 heavy (non-hydrogen) atoms. The first kappa shape index (κ1) is 17.0. The zero-order valence-corrected chi connectivity index (χ0v) is 15.6. The molecule has 138 valence electrons. The summed E-state index contributed by atoms with van der Waals surface area (Å²) in [6, 6.07) is 7.72. The average molecular weight is 365 g/mol. The molecule has 0 atom stereocenters. The Morgan fingerprint density at radius 1 is 1.04 bits per heavy atom. The zero-order chi connectivity index (χ0) is 19.5. The van der Waals surface area contributed by atoms with Crippen LogP contribution in [0.1, 0.15) is 16.1 Å². The molecule has 4 rings (SSSR count). The fourth-order valence-electron chi connectivity index (χ4n) is 3.62. The number of hydrogen-bond donors (Lipinski definition) is 0. The van der Waals surface area contributed by atoms with Gasteiger partial charge >= 0.3 is 5.69 Å². The number of carbonyl (C=O) groups is 1. The summed E-state index contributed by atoms with van der Waals surface area (Å²) in [5.74, 6) is -0.112. The van der Waals surface area contributed by atoms with Crippen LogP contribution in [0.25, 0.3) is 22.1 Å². The van der Waals surface area contributed by atoms with Gasteiger partial charge < -0.3 is 9.13 Å². The molecule has 0 fully saturated rings. The lowest BCUT2D eigenvalue weighted by molar-refractivity contribution is 0.0974. The number of para-hydroxylation sites is 1. The molecule has 8 nitrogen and oxygen atoms in total. The van der Waals surface area contributed by atoms with E-state index in [1.807, 2.05) is 42.8 Å². The molecule has 3 heterocycles. The van der Waals surface area contributed by atoms with Crippen LogP contribution in [-0.4, -0.2) is 29.0 Å². The SMILES string of the molecule is Cc1c(C(=O)Cn2cnc3c2c(=O)n(C)c(=O)n3C)c2ccccc2n1C. The minimum absolute atomic E-state index is 0.0290. The Kier molecular flexibility index (Phi) is 3.66. The van der Waals surface area contributed by atoms with Crippen molar-refractivity contribution in [3.8, 4) is 0 Å². The highest BCUT2D eigenvalue weighted by atomic mass is 16.2. The van der Waals surface area contributed by atoms with Crippen molar-refractivity contribution in [3.05, 3.63) is 62.7 Å². The van der Waals surface area contributed by atoms with Crippen molar-refractivity contribution in [1.29, 1.82) is 0 Å². The molecule has 0 spiro atoms. The van der Waals surface area contributed by atoms with Gasteiger partial charge in [0.05, 0.1) is 12.9 Å². The quantitative estimate of drug-likeness (QED) is 0.509. The molecule has 0 N–H and O–H groups in total. The Morgan fingerprint density at radius 2 is 1.74 bits per heavy atom. The molecule has 4 aromatic rings. The van der Waals surface area contributed by atoms with Gasteiger partial charge in [0.15, 0.2) is 16.9 Å². The minimum atomic E-state index is -0.465. The lowest BCUT2D eigenvalue weighted by Gasteiger charge is -2.07. The fourth-order valence-corrected chi connectivity index (χ4v) is 3.62. The van der Waals surface area contributed by atoms with E-state index in [1.54, 1.807) is 7.05 Å². The molecule has 0 aliphatic heterocycles. The second-order valence-corrected chi connectivity index (χ2v) is 6.71. The van der Waals surface area contributed by atoms with Gasteiger partial charge in [0.1, 0.15) is 0 Å². The molecule has 0 unspecified atom stereocenters. The molecule has 0 saturated heterocycles. The van der Waals surface area contributed by atoms with Gasteiger partial charge in [0.25, 0.3) is 5.56 Å². The maximum Gasteiger partial charge on any atom is 0.332 e. The topological polar surface area (TPSA) is 83.8 Å².